The van der Waals surface area contributed by atoms with E-state index < -0.39 is 0 Å². The summed E-state index contributed by atoms with van der Waals surface area (Å²) in [6, 6.07) is 11.4. The van der Waals surface area contributed by atoms with Gasteiger partial charge in [-0.1, -0.05) is 25.4 Å². The largest absolute Gasteiger partial charge is 0.324 e. The van der Waals surface area contributed by atoms with Crippen LogP contribution in [0.15, 0.2) is 55.0 Å². The van der Waals surface area contributed by atoms with Crippen LogP contribution in [0.4, 0.5) is 5.69 Å². The number of imidazole rings is 1. The molecule has 0 aliphatic rings. The van der Waals surface area contributed by atoms with Crippen molar-refractivity contribution in [2.24, 2.45) is 5.92 Å². The Morgan fingerprint density at radius 1 is 1.08 bits per heavy atom. The van der Waals surface area contributed by atoms with Gasteiger partial charge < -0.3 is 10.3 Å². The number of H-pyrrole nitrogens is 2. The number of rotatable bonds is 5. The molecule has 0 atom stereocenters. The summed E-state index contributed by atoms with van der Waals surface area (Å²) in [7, 11) is 0. The van der Waals surface area contributed by atoms with Crippen molar-refractivity contribution >= 4 is 56.7 Å². The van der Waals surface area contributed by atoms with E-state index in [1.165, 1.54) is 11.3 Å². The Labute approximate surface area is 214 Å². The van der Waals surface area contributed by atoms with Gasteiger partial charge in [0, 0.05) is 34.3 Å². The first-order valence-electron chi connectivity index (χ1n) is 11.2. The molecular weight excluding hydrogens is 496 g/mol. The molecule has 1 amide bonds. The number of amides is 1. The Balaban J connectivity index is 1.41. The molecule has 6 aromatic rings. The third kappa shape index (κ3) is 4.00. The number of aromatic amines is 2. The average Bonchev–Trinajstić information content (AvgIpc) is 3.61. The van der Waals surface area contributed by atoms with E-state index in [4.69, 9.17) is 21.6 Å². The van der Waals surface area contributed by atoms with E-state index in [1.54, 1.807) is 18.6 Å². The predicted molar refractivity (Wildman–Crippen MR) is 142 cm³/mol. The number of fused-ring (bicyclic) bond motifs is 2. The first kappa shape index (κ1) is 22.3. The standard InChI is InChI=1S/C25H19ClN8OS/c1-12(2)25(35)29-14-9-13(10-27-11-14)16-3-4-17-21(30-16)22(34-33-17)24-31-20-15(7-8-28-23(20)32-24)18-5-6-19(26)36-18/h3-12H,1-2H3,(H,29,35)(H,33,34)(H,28,31,32). The minimum Gasteiger partial charge on any atom is -0.324 e. The van der Waals surface area contributed by atoms with Crippen LogP contribution in [0.2, 0.25) is 4.34 Å². The van der Waals surface area contributed by atoms with Gasteiger partial charge in [-0.05, 0) is 36.4 Å². The lowest BCUT2D eigenvalue weighted by molar-refractivity contribution is -0.118. The summed E-state index contributed by atoms with van der Waals surface area (Å²) >= 11 is 7.64. The summed E-state index contributed by atoms with van der Waals surface area (Å²) in [4.78, 5) is 34.8. The van der Waals surface area contributed by atoms with Crippen molar-refractivity contribution in [3.8, 4) is 33.2 Å². The number of nitrogens with one attached hydrogen (secondary N) is 3. The first-order valence-corrected chi connectivity index (χ1v) is 12.4. The molecule has 36 heavy (non-hydrogen) atoms. The van der Waals surface area contributed by atoms with Crippen LogP contribution in [-0.4, -0.2) is 41.0 Å². The zero-order valence-electron chi connectivity index (χ0n) is 19.2. The number of thiophene rings is 1. The highest BCUT2D eigenvalue weighted by atomic mass is 35.5. The Hall–Kier alpha value is -4.15. The summed E-state index contributed by atoms with van der Waals surface area (Å²) in [6.07, 6.45) is 5.07. The van der Waals surface area contributed by atoms with Crippen LogP contribution in [0.5, 0.6) is 0 Å². The summed E-state index contributed by atoms with van der Waals surface area (Å²) in [5.41, 5.74) is 6.42. The highest BCUT2D eigenvalue weighted by Crippen LogP contribution is 2.35. The quantitative estimate of drug-likeness (QED) is 0.261. The number of pyridine rings is 3. The normalized spacial score (nSPS) is 11.6. The van der Waals surface area contributed by atoms with Gasteiger partial charge >= 0.3 is 0 Å². The summed E-state index contributed by atoms with van der Waals surface area (Å²) in [5.74, 6) is 0.351. The highest BCUT2D eigenvalue weighted by molar-refractivity contribution is 7.19. The van der Waals surface area contributed by atoms with Gasteiger partial charge in [0.2, 0.25) is 5.91 Å². The molecule has 3 N–H and O–H groups in total. The summed E-state index contributed by atoms with van der Waals surface area (Å²) in [5, 5.41) is 10.4. The second kappa shape index (κ2) is 8.81. The minimum atomic E-state index is -0.132. The fourth-order valence-electron chi connectivity index (χ4n) is 3.84. The number of halogens is 1. The second-order valence-electron chi connectivity index (χ2n) is 8.52. The smallest absolute Gasteiger partial charge is 0.226 e. The van der Waals surface area contributed by atoms with Gasteiger partial charge in [0.1, 0.15) is 11.0 Å². The zero-order chi connectivity index (χ0) is 24.8. The van der Waals surface area contributed by atoms with Crippen LogP contribution < -0.4 is 5.32 Å². The molecule has 0 fully saturated rings. The van der Waals surface area contributed by atoms with E-state index in [1.807, 2.05) is 50.2 Å². The molecule has 6 heterocycles. The molecule has 11 heteroatoms. The van der Waals surface area contributed by atoms with Crippen molar-refractivity contribution in [1.29, 1.82) is 0 Å². The van der Waals surface area contributed by atoms with E-state index in [-0.39, 0.29) is 11.8 Å². The van der Waals surface area contributed by atoms with E-state index in [0.717, 1.165) is 27.0 Å². The molecule has 0 saturated carbocycles. The van der Waals surface area contributed by atoms with Gasteiger partial charge in [-0.15, -0.1) is 11.3 Å². The lowest BCUT2D eigenvalue weighted by atomic mass is 10.1. The Morgan fingerprint density at radius 3 is 2.78 bits per heavy atom. The van der Waals surface area contributed by atoms with Crippen molar-refractivity contribution in [2.75, 3.05) is 5.32 Å². The van der Waals surface area contributed by atoms with Crippen molar-refractivity contribution in [1.82, 2.24) is 35.1 Å². The average molecular weight is 515 g/mol. The van der Waals surface area contributed by atoms with Gasteiger partial charge in [0.15, 0.2) is 17.2 Å². The van der Waals surface area contributed by atoms with Crippen LogP contribution in [0.3, 0.4) is 0 Å². The third-order valence-electron chi connectivity index (χ3n) is 5.68. The van der Waals surface area contributed by atoms with E-state index in [2.05, 4.69) is 30.5 Å². The molecule has 178 valence electrons. The molecule has 9 nitrogen and oxygen atoms in total. The van der Waals surface area contributed by atoms with Gasteiger partial charge in [-0.3, -0.25) is 14.9 Å². The molecule has 0 bridgehead atoms. The minimum absolute atomic E-state index is 0.0721. The van der Waals surface area contributed by atoms with E-state index in [0.29, 0.717) is 38.4 Å². The molecule has 0 spiro atoms. The first-order chi connectivity index (χ1) is 17.5. The molecule has 0 unspecified atom stereocenters. The fraction of sp³-hybridized carbons (Fsp3) is 0.120. The highest BCUT2D eigenvalue weighted by Gasteiger charge is 2.18. The third-order valence-corrected chi connectivity index (χ3v) is 6.95. The lowest BCUT2D eigenvalue weighted by Crippen LogP contribution is -2.17. The molecule has 6 aromatic heterocycles. The topological polar surface area (TPSA) is 125 Å². The Kier molecular flexibility index (Phi) is 5.46. The Morgan fingerprint density at radius 2 is 1.97 bits per heavy atom. The second-order valence-corrected chi connectivity index (χ2v) is 10.2. The van der Waals surface area contributed by atoms with Gasteiger partial charge in [-0.25, -0.2) is 15.0 Å². The number of anilines is 1. The lowest BCUT2D eigenvalue weighted by Gasteiger charge is -2.08. The van der Waals surface area contributed by atoms with E-state index in [9.17, 15) is 4.79 Å². The van der Waals surface area contributed by atoms with Crippen LogP contribution in [0, 0.1) is 5.92 Å². The number of carbonyl (C=O) groups excluding carboxylic acids is 1. The number of hydrogen-bond donors (Lipinski definition) is 3. The molecular formula is C25H19ClN8OS. The molecule has 0 radical (unpaired) electrons. The van der Waals surface area contributed by atoms with Crippen LogP contribution in [-0.2, 0) is 4.79 Å². The van der Waals surface area contributed by atoms with Crippen LogP contribution >= 0.6 is 22.9 Å². The van der Waals surface area contributed by atoms with Crippen molar-refractivity contribution in [3.05, 3.63) is 59.3 Å². The molecule has 6 rings (SSSR count). The van der Waals surface area contributed by atoms with Gasteiger partial charge in [0.05, 0.1) is 27.4 Å². The zero-order valence-corrected chi connectivity index (χ0v) is 20.8. The van der Waals surface area contributed by atoms with Crippen molar-refractivity contribution in [3.63, 3.8) is 0 Å². The van der Waals surface area contributed by atoms with Crippen LogP contribution in [0.1, 0.15) is 13.8 Å². The maximum Gasteiger partial charge on any atom is 0.226 e. The summed E-state index contributed by atoms with van der Waals surface area (Å²) < 4.78 is 0.711. The Bertz CT molecular complexity index is 1750. The number of hydrogen-bond acceptors (Lipinski definition) is 7. The van der Waals surface area contributed by atoms with Crippen LogP contribution in [0.25, 0.3) is 55.4 Å². The monoisotopic (exact) mass is 514 g/mol. The van der Waals surface area contributed by atoms with Gasteiger partial charge in [0.25, 0.3) is 0 Å². The molecule has 0 aromatic carbocycles. The SMILES string of the molecule is CC(C)C(=O)Nc1cncc(-c2ccc3[nH]nc(-c4nc5c(-c6ccc(Cl)s6)ccnc5[nH]4)c3n2)c1. The van der Waals surface area contributed by atoms with Crippen molar-refractivity contribution in [2.45, 2.75) is 13.8 Å². The number of carbonyl (C=O) groups is 1. The maximum absolute atomic E-state index is 12.1. The summed E-state index contributed by atoms with van der Waals surface area (Å²) in [6.45, 7) is 3.68. The maximum atomic E-state index is 12.1. The molecule has 0 saturated heterocycles. The van der Waals surface area contributed by atoms with E-state index >= 15 is 0 Å². The van der Waals surface area contributed by atoms with Crippen molar-refractivity contribution < 1.29 is 4.79 Å². The fourth-order valence-corrected chi connectivity index (χ4v) is 4.91. The predicted octanol–water partition coefficient (Wildman–Crippen LogP) is 5.93. The molecule has 0 aliphatic carbocycles. The number of nitrogens with zero attached hydrogens (tertiary/aromatic N) is 5. The molecule has 0 aliphatic heterocycles. The van der Waals surface area contributed by atoms with Gasteiger partial charge in [-0.2, -0.15) is 5.10 Å². The number of aromatic nitrogens is 7.